The largest absolute Gasteiger partial charge is 0.316 e. The lowest BCUT2D eigenvalue weighted by Gasteiger charge is -2.24. The molecule has 0 atom stereocenters. The van der Waals surface area contributed by atoms with Crippen molar-refractivity contribution in [2.75, 3.05) is 13.1 Å². The van der Waals surface area contributed by atoms with E-state index >= 15 is 0 Å². The van der Waals surface area contributed by atoms with Gasteiger partial charge in [-0.25, -0.2) is 4.39 Å². The van der Waals surface area contributed by atoms with Gasteiger partial charge in [0.1, 0.15) is 6.17 Å². The molecular formula is C10H20FN. The van der Waals surface area contributed by atoms with Crippen LogP contribution in [-0.4, -0.2) is 19.3 Å². The fourth-order valence-corrected chi connectivity index (χ4v) is 1.81. The first kappa shape index (κ1) is 9.97. The highest BCUT2D eigenvalue weighted by atomic mass is 19.1. The lowest BCUT2D eigenvalue weighted by atomic mass is 9.88. The standard InChI is InChI=1S/C10H20FN/c1-2-7-12-8-9-3-5-10(11)6-4-9/h9-10,12H,2-8H2,1H3. The van der Waals surface area contributed by atoms with Gasteiger partial charge < -0.3 is 5.32 Å². The Balaban J connectivity index is 2.01. The minimum absolute atomic E-state index is 0.507. The van der Waals surface area contributed by atoms with Crippen molar-refractivity contribution in [2.24, 2.45) is 5.92 Å². The predicted octanol–water partition coefficient (Wildman–Crippen LogP) is 2.51. The second kappa shape index (κ2) is 5.52. The maximum atomic E-state index is 12.7. The van der Waals surface area contributed by atoms with Gasteiger partial charge in [0.15, 0.2) is 0 Å². The average Bonchev–Trinajstić information content (AvgIpc) is 2.09. The summed E-state index contributed by atoms with van der Waals surface area (Å²) in [5.74, 6) is 0.739. The third kappa shape index (κ3) is 3.53. The van der Waals surface area contributed by atoms with Gasteiger partial charge in [-0.2, -0.15) is 0 Å². The highest BCUT2D eigenvalue weighted by molar-refractivity contribution is 4.73. The maximum absolute atomic E-state index is 12.7. The van der Waals surface area contributed by atoms with Gasteiger partial charge in [-0.1, -0.05) is 6.92 Å². The Hall–Kier alpha value is -0.110. The van der Waals surface area contributed by atoms with E-state index in [1.54, 1.807) is 0 Å². The van der Waals surface area contributed by atoms with E-state index in [2.05, 4.69) is 12.2 Å². The van der Waals surface area contributed by atoms with Gasteiger partial charge in [-0.15, -0.1) is 0 Å². The SMILES string of the molecule is CCCNCC1CCC(F)CC1. The van der Waals surface area contributed by atoms with E-state index < -0.39 is 6.17 Å². The van der Waals surface area contributed by atoms with Gasteiger partial charge in [0.25, 0.3) is 0 Å². The maximum Gasteiger partial charge on any atom is 0.100 e. The van der Waals surface area contributed by atoms with Crippen molar-refractivity contribution in [1.29, 1.82) is 0 Å². The lowest BCUT2D eigenvalue weighted by molar-refractivity contribution is 0.205. The van der Waals surface area contributed by atoms with Crippen LogP contribution in [0, 0.1) is 5.92 Å². The van der Waals surface area contributed by atoms with Crippen molar-refractivity contribution in [1.82, 2.24) is 5.32 Å². The zero-order valence-corrected chi connectivity index (χ0v) is 7.98. The molecule has 1 fully saturated rings. The molecular weight excluding hydrogens is 153 g/mol. The van der Waals surface area contributed by atoms with Gasteiger partial charge in [-0.05, 0) is 51.1 Å². The monoisotopic (exact) mass is 173 g/mol. The van der Waals surface area contributed by atoms with Crippen molar-refractivity contribution < 1.29 is 4.39 Å². The fraction of sp³-hybridized carbons (Fsp3) is 1.00. The number of alkyl halides is 1. The molecule has 0 aromatic heterocycles. The van der Waals surface area contributed by atoms with Crippen LogP contribution < -0.4 is 5.32 Å². The van der Waals surface area contributed by atoms with Crippen LogP contribution in [0.15, 0.2) is 0 Å². The molecule has 0 aliphatic heterocycles. The van der Waals surface area contributed by atoms with Gasteiger partial charge in [0.2, 0.25) is 0 Å². The average molecular weight is 173 g/mol. The molecule has 0 bridgehead atoms. The molecule has 0 unspecified atom stereocenters. The lowest BCUT2D eigenvalue weighted by Crippen LogP contribution is -2.27. The summed E-state index contributed by atoms with van der Waals surface area (Å²) in [6.07, 6.45) is 4.43. The molecule has 1 aliphatic rings. The van der Waals surface area contributed by atoms with Crippen molar-refractivity contribution in [3.63, 3.8) is 0 Å². The van der Waals surface area contributed by atoms with Crippen LogP contribution in [0.1, 0.15) is 39.0 Å². The van der Waals surface area contributed by atoms with Gasteiger partial charge >= 0.3 is 0 Å². The number of hydrogen-bond donors (Lipinski definition) is 1. The summed E-state index contributed by atoms with van der Waals surface area (Å²) >= 11 is 0. The van der Waals surface area contributed by atoms with Crippen LogP contribution in [0.4, 0.5) is 4.39 Å². The Morgan fingerprint density at radius 3 is 2.50 bits per heavy atom. The Kier molecular flexibility index (Phi) is 4.59. The first-order chi connectivity index (χ1) is 5.83. The number of rotatable bonds is 4. The van der Waals surface area contributed by atoms with Crippen LogP contribution >= 0.6 is 0 Å². The molecule has 0 spiro atoms. The van der Waals surface area contributed by atoms with E-state index in [0.717, 1.165) is 44.7 Å². The molecule has 1 N–H and O–H groups in total. The van der Waals surface area contributed by atoms with Gasteiger partial charge in [-0.3, -0.25) is 0 Å². The molecule has 0 amide bonds. The summed E-state index contributed by atoms with van der Waals surface area (Å²) in [5, 5.41) is 3.40. The van der Waals surface area contributed by atoms with Gasteiger partial charge in [0, 0.05) is 0 Å². The van der Waals surface area contributed by atoms with E-state index in [-0.39, 0.29) is 0 Å². The smallest absolute Gasteiger partial charge is 0.100 e. The number of hydrogen-bond acceptors (Lipinski definition) is 1. The Labute approximate surface area is 74.7 Å². The molecule has 1 rings (SSSR count). The Morgan fingerprint density at radius 2 is 1.92 bits per heavy atom. The molecule has 2 heteroatoms. The molecule has 0 saturated heterocycles. The molecule has 1 saturated carbocycles. The molecule has 0 aromatic carbocycles. The fourth-order valence-electron chi connectivity index (χ4n) is 1.81. The number of halogens is 1. The van der Waals surface area contributed by atoms with E-state index in [1.165, 1.54) is 6.42 Å². The predicted molar refractivity (Wildman–Crippen MR) is 50.0 cm³/mol. The summed E-state index contributed by atoms with van der Waals surface area (Å²) in [6.45, 7) is 4.38. The zero-order valence-electron chi connectivity index (χ0n) is 7.98. The molecule has 72 valence electrons. The van der Waals surface area contributed by atoms with E-state index in [1.807, 2.05) is 0 Å². The second-order valence-electron chi connectivity index (χ2n) is 3.82. The Morgan fingerprint density at radius 1 is 1.25 bits per heavy atom. The third-order valence-electron chi connectivity index (χ3n) is 2.64. The third-order valence-corrected chi connectivity index (χ3v) is 2.64. The van der Waals surface area contributed by atoms with E-state index in [4.69, 9.17) is 0 Å². The minimum Gasteiger partial charge on any atom is -0.316 e. The van der Waals surface area contributed by atoms with Crippen molar-refractivity contribution in [3.05, 3.63) is 0 Å². The van der Waals surface area contributed by atoms with Crippen LogP contribution in [0.25, 0.3) is 0 Å². The number of nitrogens with one attached hydrogen (secondary N) is 1. The highest BCUT2D eigenvalue weighted by Crippen LogP contribution is 2.25. The van der Waals surface area contributed by atoms with Crippen LogP contribution in [-0.2, 0) is 0 Å². The van der Waals surface area contributed by atoms with Crippen LogP contribution in [0.3, 0.4) is 0 Å². The first-order valence-corrected chi connectivity index (χ1v) is 5.17. The van der Waals surface area contributed by atoms with Crippen LogP contribution in [0.2, 0.25) is 0 Å². The van der Waals surface area contributed by atoms with E-state index in [9.17, 15) is 4.39 Å². The van der Waals surface area contributed by atoms with Crippen molar-refractivity contribution in [2.45, 2.75) is 45.2 Å². The van der Waals surface area contributed by atoms with Crippen molar-refractivity contribution >= 4 is 0 Å². The van der Waals surface area contributed by atoms with E-state index in [0.29, 0.717) is 0 Å². The summed E-state index contributed by atoms with van der Waals surface area (Å²) in [7, 11) is 0. The summed E-state index contributed by atoms with van der Waals surface area (Å²) in [6, 6.07) is 0. The minimum atomic E-state index is -0.507. The topological polar surface area (TPSA) is 12.0 Å². The summed E-state index contributed by atoms with van der Waals surface area (Å²) in [5.41, 5.74) is 0. The molecule has 1 aliphatic carbocycles. The molecule has 0 heterocycles. The van der Waals surface area contributed by atoms with Gasteiger partial charge in [0.05, 0.1) is 0 Å². The molecule has 12 heavy (non-hydrogen) atoms. The first-order valence-electron chi connectivity index (χ1n) is 5.17. The zero-order chi connectivity index (χ0) is 8.81. The highest BCUT2D eigenvalue weighted by Gasteiger charge is 2.19. The Bertz CT molecular complexity index is 108. The summed E-state index contributed by atoms with van der Waals surface area (Å²) in [4.78, 5) is 0. The quantitative estimate of drug-likeness (QED) is 0.644. The second-order valence-corrected chi connectivity index (χ2v) is 3.82. The molecule has 0 radical (unpaired) electrons. The van der Waals surface area contributed by atoms with Crippen LogP contribution in [0.5, 0.6) is 0 Å². The summed E-state index contributed by atoms with van der Waals surface area (Å²) < 4.78 is 12.7. The van der Waals surface area contributed by atoms with Crippen molar-refractivity contribution in [3.8, 4) is 0 Å². The molecule has 0 aromatic rings. The molecule has 1 nitrogen and oxygen atoms in total. The normalized spacial score (nSPS) is 30.5.